The summed E-state index contributed by atoms with van der Waals surface area (Å²) in [6.45, 7) is 0. The number of hydrogen-bond acceptors (Lipinski definition) is 7. The van der Waals surface area contributed by atoms with Crippen molar-refractivity contribution in [1.29, 1.82) is 0 Å². The Hall–Kier alpha value is -2.65. The van der Waals surface area contributed by atoms with Crippen molar-refractivity contribution in [2.75, 3.05) is 5.75 Å². The normalized spacial score (nSPS) is 19.2. The zero-order chi connectivity index (χ0) is 21.2. The first-order valence-electron chi connectivity index (χ1n) is 10.3. The zero-order valence-corrected chi connectivity index (χ0v) is 18.3. The van der Waals surface area contributed by atoms with Crippen molar-refractivity contribution in [3.8, 4) is 0 Å². The van der Waals surface area contributed by atoms with Gasteiger partial charge in [0.05, 0.1) is 23.8 Å². The average molecular weight is 457 g/mol. The molecule has 0 bridgehead atoms. The summed E-state index contributed by atoms with van der Waals surface area (Å²) in [5.74, 6) is 0.792. The third kappa shape index (κ3) is 4.24. The van der Waals surface area contributed by atoms with Gasteiger partial charge in [-0.2, -0.15) is 5.10 Å². The molecule has 0 unspecified atom stereocenters. The highest BCUT2D eigenvalue weighted by Crippen LogP contribution is 2.35. The van der Waals surface area contributed by atoms with Gasteiger partial charge in [0.2, 0.25) is 5.16 Å². The SMILES string of the molecule is O=C(CSc1nnnn1C1CCCC1)N1N=C(c2ccc(Cl)cc2)C[C@@H]1c1ccco1. The number of aromatic nitrogens is 4. The van der Waals surface area contributed by atoms with Crippen LogP contribution in [0.4, 0.5) is 0 Å². The molecule has 0 N–H and O–H groups in total. The fraction of sp³-hybridized carbons (Fsp3) is 0.381. The minimum atomic E-state index is -0.278. The van der Waals surface area contributed by atoms with Crippen LogP contribution in [0.5, 0.6) is 0 Å². The highest BCUT2D eigenvalue weighted by atomic mass is 35.5. The molecule has 160 valence electrons. The number of nitrogens with zero attached hydrogens (tertiary/aromatic N) is 6. The molecule has 3 aromatic rings. The van der Waals surface area contributed by atoms with E-state index in [-0.39, 0.29) is 17.7 Å². The van der Waals surface area contributed by atoms with Gasteiger partial charge < -0.3 is 4.42 Å². The van der Waals surface area contributed by atoms with Crippen LogP contribution in [0.3, 0.4) is 0 Å². The maximum atomic E-state index is 13.2. The number of halogens is 1. The van der Waals surface area contributed by atoms with Crippen LogP contribution in [0.25, 0.3) is 0 Å². The first kappa shape index (κ1) is 20.3. The second-order valence-corrected chi connectivity index (χ2v) is 9.04. The summed E-state index contributed by atoms with van der Waals surface area (Å²) < 4.78 is 7.47. The number of hydrazone groups is 1. The Morgan fingerprint density at radius 1 is 1.19 bits per heavy atom. The van der Waals surface area contributed by atoms with Gasteiger partial charge in [0.1, 0.15) is 11.8 Å². The fourth-order valence-corrected chi connectivity index (χ4v) is 5.03. The topological polar surface area (TPSA) is 89.4 Å². The molecule has 5 rings (SSSR count). The number of amides is 1. The molecule has 0 spiro atoms. The molecule has 2 aromatic heterocycles. The van der Waals surface area contributed by atoms with E-state index in [0.29, 0.717) is 28.4 Å². The monoisotopic (exact) mass is 456 g/mol. The summed E-state index contributed by atoms with van der Waals surface area (Å²) in [7, 11) is 0. The van der Waals surface area contributed by atoms with Gasteiger partial charge in [-0.05, 0) is 53.1 Å². The summed E-state index contributed by atoms with van der Waals surface area (Å²) in [6, 6.07) is 11.2. The Balaban J connectivity index is 1.34. The summed E-state index contributed by atoms with van der Waals surface area (Å²) in [4.78, 5) is 13.2. The van der Waals surface area contributed by atoms with Crippen LogP contribution in [0.1, 0.15) is 55.5 Å². The summed E-state index contributed by atoms with van der Waals surface area (Å²) in [5, 5.41) is 19.6. The maximum absolute atomic E-state index is 13.2. The molecular weight excluding hydrogens is 436 g/mol. The van der Waals surface area contributed by atoms with E-state index >= 15 is 0 Å². The van der Waals surface area contributed by atoms with Crippen molar-refractivity contribution in [2.24, 2.45) is 5.10 Å². The van der Waals surface area contributed by atoms with Gasteiger partial charge in [0.25, 0.3) is 5.91 Å². The van der Waals surface area contributed by atoms with Crippen molar-refractivity contribution >= 4 is 35.0 Å². The molecule has 1 aliphatic heterocycles. The van der Waals surface area contributed by atoms with Crippen molar-refractivity contribution in [1.82, 2.24) is 25.2 Å². The number of carbonyl (C=O) groups is 1. The molecule has 1 atom stereocenters. The molecule has 2 aliphatic rings. The summed E-state index contributed by atoms with van der Waals surface area (Å²) >= 11 is 7.37. The second-order valence-electron chi connectivity index (χ2n) is 7.66. The van der Waals surface area contributed by atoms with Crippen molar-refractivity contribution < 1.29 is 9.21 Å². The van der Waals surface area contributed by atoms with Gasteiger partial charge in [-0.3, -0.25) is 4.79 Å². The van der Waals surface area contributed by atoms with E-state index in [1.807, 2.05) is 41.1 Å². The van der Waals surface area contributed by atoms with Crippen molar-refractivity contribution in [3.05, 3.63) is 59.0 Å². The Labute approximate surface area is 188 Å². The minimum absolute atomic E-state index is 0.115. The average Bonchev–Trinajstić information content (AvgIpc) is 3.58. The Morgan fingerprint density at radius 3 is 2.74 bits per heavy atom. The highest BCUT2D eigenvalue weighted by Gasteiger charge is 2.35. The molecule has 1 aromatic carbocycles. The first-order valence-corrected chi connectivity index (χ1v) is 11.6. The number of hydrogen-bond donors (Lipinski definition) is 0. The van der Waals surface area contributed by atoms with Crippen LogP contribution in [-0.2, 0) is 4.79 Å². The van der Waals surface area contributed by atoms with Crippen LogP contribution in [-0.4, -0.2) is 42.6 Å². The first-order chi connectivity index (χ1) is 15.2. The van der Waals surface area contributed by atoms with E-state index in [1.165, 1.54) is 29.6 Å². The quantitative estimate of drug-likeness (QED) is 0.507. The standard InChI is InChI=1S/C21H21ClN6O2S/c22-15-9-7-14(8-10-15)17-12-18(19-6-3-11-30-19)28(24-17)20(29)13-31-21-23-25-26-27(21)16-4-1-2-5-16/h3,6-11,16,18H,1-2,4-5,12-13H2/t18-/m1/s1. The van der Waals surface area contributed by atoms with Crippen molar-refractivity contribution in [2.45, 2.75) is 49.3 Å². The largest absolute Gasteiger partial charge is 0.467 e. The van der Waals surface area contributed by atoms with Crippen LogP contribution in [0, 0.1) is 0 Å². The van der Waals surface area contributed by atoms with E-state index in [2.05, 4.69) is 20.6 Å². The van der Waals surface area contributed by atoms with Gasteiger partial charge in [0, 0.05) is 11.4 Å². The molecule has 31 heavy (non-hydrogen) atoms. The predicted octanol–water partition coefficient (Wildman–Crippen LogP) is 4.50. The molecule has 3 heterocycles. The Morgan fingerprint density at radius 2 is 2.00 bits per heavy atom. The third-order valence-corrected chi connectivity index (χ3v) is 6.84. The molecular formula is C21H21ClN6O2S. The maximum Gasteiger partial charge on any atom is 0.253 e. The van der Waals surface area contributed by atoms with Crippen LogP contribution < -0.4 is 0 Å². The van der Waals surface area contributed by atoms with Gasteiger partial charge >= 0.3 is 0 Å². The molecule has 1 amide bonds. The lowest BCUT2D eigenvalue weighted by atomic mass is 10.0. The predicted molar refractivity (Wildman–Crippen MR) is 117 cm³/mol. The summed E-state index contributed by atoms with van der Waals surface area (Å²) in [6.07, 6.45) is 6.72. The number of benzene rings is 1. The van der Waals surface area contributed by atoms with Crippen LogP contribution >= 0.6 is 23.4 Å². The molecule has 1 fully saturated rings. The molecule has 0 radical (unpaired) electrons. The van der Waals surface area contributed by atoms with Crippen LogP contribution in [0.2, 0.25) is 5.02 Å². The molecule has 1 saturated carbocycles. The van der Waals surface area contributed by atoms with Crippen LogP contribution in [0.15, 0.2) is 57.3 Å². The van der Waals surface area contributed by atoms with Gasteiger partial charge in [-0.15, -0.1) is 5.10 Å². The molecule has 8 nitrogen and oxygen atoms in total. The summed E-state index contributed by atoms with van der Waals surface area (Å²) in [5.41, 5.74) is 1.77. The van der Waals surface area contributed by atoms with Crippen molar-refractivity contribution in [3.63, 3.8) is 0 Å². The van der Waals surface area contributed by atoms with E-state index < -0.39 is 0 Å². The third-order valence-electron chi connectivity index (χ3n) is 5.67. The van der Waals surface area contributed by atoms with E-state index in [9.17, 15) is 4.79 Å². The number of rotatable bonds is 6. The minimum Gasteiger partial charge on any atom is -0.467 e. The Kier molecular flexibility index (Phi) is 5.78. The number of thioether (sulfide) groups is 1. The van der Waals surface area contributed by atoms with E-state index in [4.69, 9.17) is 16.0 Å². The van der Waals surface area contributed by atoms with E-state index in [1.54, 1.807) is 6.26 Å². The smallest absolute Gasteiger partial charge is 0.253 e. The fourth-order valence-electron chi connectivity index (χ4n) is 4.11. The van der Waals surface area contributed by atoms with E-state index in [0.717, 1.165) is 24.1 Å². The van der Waals surface area contributed by atoms with Gasteiger partial charge in [0.15, 0.2) is 0 Å². The number of tetrazole rings is 1. The van der Waals surface area contributed by atoms with Gasteiger partial charge in [-0.25, -0.2) is 9.69 Å². The molecule has 10 heteroatoms. The second kappa shape index (κ2) is 8.84. The molecule has 1 aliphatic carbocycles. The number of carbonyl (C=O) groups excluding carboxylic acids is 1. The lowest BCUT2D eigenvalue weighted by molar-refractivity contribution is -0.130. The molecule has 0 saturated heterocycles. The lowest BCUT2D eigenvalue weighted by Gasteiger charge is -2.19. The highest BCUT2D eigenvalue weighted by molar-refractivity contribution is 7.99. The lowest BCUT2D eigenvalue weighted by Crippen LogP contribution is -2.28. The Bertz CT molecular complexity index is 1080. The zero-order valence-electron chi connectivity index (χ0n) is 16.7. The van der Waals surface area contributed by atoms with Gasteiger partial charge in [-0.1, -0.05) is 48.3 Å². The number of furan rings is 1.